The van der Waals surface area contributed by atoms with Gasteiger partial charge in [0.05, 0.1) is 36.1 Å². The quantitative estimate of drug-likeness (QED) is 0.243. The second kappa shape index (κ2) is 11.6. The van der Waals surface area contributed by atoms with Crippen molar-refractivity contribution in [1.29, 1.82) is 5.26 Å². The van der Waals surface area contributed by atoms with Crippen LogP contribution in [0.1, 0.15) is 60.1 Å². The SMILES string of the molecule is Cc1c(Nc2c(C#N)cncc2/C=C/c2ccc(C[N+]3(C4CCNCC4)CCCCC3)cn2)ccc2[nH]ccc12. The van der Waals surface area contributed by atoms with E-state index in [4.69, 9.17) is 4.98 Å². The van der Waals surface area contributed by atoms with Gasteiger partial charge in [-0.2, -0.15) is 5.26 Å². The Kier molecular flexibility index (Phi) is 7.63. The first kappa shape index (κ1) is 26.2. The number of H-pyrrole nitrogens is 1. The number of rotatable bonds is 7. The Morgan fingerprint density at radius 1 is 1.02 bits per heavy atom. The molecule has 1 aromatic carbocycles. The summed E-state index contributed by atoms with van der Waals surface area (Å²) in [6.45, 7) is 8.04. The summed E-state index contributed by atoms with van der Waals surface area (Å²) in [4.78, 5) is 12.4. The topological polar surface area (TPSA) is 89.4 Å². The molecule has 2 aliphatic heterocycles. The first-order chi connectivity index (χ1) is 19.6. The van der Waals surface area contributed by atoms with E-state index in [1.807, 2.05) is 24.4 Å². The molecule has 40 heavy (non-hydrogen) atoms. The Balaban J connectivity index is 1.22. The molecule has 0 unspecified atom stereocenters. The standard InChI is InChI=1S/C33H38N7/c1-24-30-13-16-37-32(30)10-9-31(24)39-33-26(21-36-22-27(33)19-34)6-8-28-7-5-25(20-38-28)23-40(17-3-2-4-18-40)29-11-14-35-15-12-29/h5-10,13,16,20-22,29,35,37H,2-4,11-12,14-15,17-18,23H2,1H3,(H,36,39)/q+1/b8-6+. The lowest BCUT2D eigenvalue weighted by atomic mass is 9.95. The van der Waals surface area contributed by atoms with Gasteiger partial charge in [0.25, 0.3) is 0 Å². The summed E-state index contributed by atoms with van der Waals surface area (Å²) >= 11 is 0. The van der Waals surface area contributed by atoms with Gasteiger partial charge >= 0.3 is 0 Å². The lowest BCUT2D eigenvalue weighted by molar-refractivity contribution is -0.968. The van der Waals surface area contributed by atoms with Crippen molar-refractivity contribution in [3.05, 3.63) is 83.1 Å². The number of hydrogen-bond donors (Lipinski definition) is 3. The number of benzene rings is 1. The number of aromatic amines is 1. The summed E-state index contributed by atoms with van der Waals surface area (Å²) in [5.74, 6) is 0. The number of nitriles is 1. The van der Waals surface area contributed by atoms with E-state index in [0.29, 0.717) is 5.56 Å². The summed E-state index contributed by atoms with van der Waals surface area (Å²) in [7, 11) is 0. The van der Waals surface area contributed by atoms with E-state index in [9.17, 15) is 5.26 Å². The zero-order chi connectivity index (χ0) is 27.4. The highest BCUT2D eigenvalue weighted by molar-refractivity contribution is 5.90. The molecule has 0 spiro atoms. The molecule has 2 fully saturated rings. The van der Waals surface area contributed by atoms with Crippen LogP contribution in [0, 0.1) is 18.3 Å². The summed E-state index contributed by atoms with van der Waals surface area (Å²) in [6.07, 6.45) is 18.0. The van der Waals surface area contributed by atoms with Crippen LogP contribution in [0.15, 0.2) is 55.1 Å². The van der Waals surface area contributed by atoms with Crippen molar-refractivity contribution >= 4 is 34.4 Å². The molecule has 2 saturated heterocycles. The van der Waals surface area contributed by atoms with E-state index in [1.165, 1.54) is 55.2 Å². The van der Waals surface area contributed by atoms with Crippen molar-refractivity contribution in [2.45, 2.75) is 51.6 Å². The van der Waals surface area contributed by atoms with Crippen molar-refractivity contribution in [2.75, 3.05) is 31.5 Å². The van der Waals surface area contributed by atoms with E-state index in [2.05, 4.69) is 64.1 Å². The minimum absolute atomic E-state index is 0.507. The van der Waals surface area contributed by atoms with Crippen molar-refractivity contribution in [1.82, 2.24) is 20.3 Å². The van der Waals surface area contributed by atoms with E-state index < -0.39 is 0 Å². The van der Waals surface area contributed by atoms with E-state index in [0.717, 1.165) is 64.8 Å². The molecule has 3 N–H and O–H groups in total. The van der Waals surface area contributed by atoms with E-state index in [-0.39, 0.29) is 0 Å². The Bertz CT molecular complexity index is 1530. The van der Waals surface area contributed by atoms with Crippen LogP contribution in [-0.4, -0.2) is 51.7 Å². The molecule has 6 rings (SSSR count). The third-order valence-electron chi connectivity index (χ3n) is 8.93. The smallest absolute Gasteiger partial charge is 0.106 e. The Morgan fingerprint density at radius 2 is 1.88 bits per heavy atom. The van der Waals surface area contributed by atoms with Crippen LogP contribution >= 0.6 is 0 Å². The van der Waals surface area contributed by atoms with Gasteiger partial charge in [-0.05, 0) is 74.2 Å². The monoisotopic (exact) mass is 532 g/mol. The van der Waals surface area contributed by atoms with E-state index >= 15 is 0 Å². The molecule has 7 nitrogen and oxygen atoms in total. The average molecular weight is 533 g/mol. The van der Waals surface area contributed by atoms with Gasteiger partial charge in [0, 0.05) is 78.4 Å². The number of aromatic nitrogens is 3. The van der Waals surface area contributed by atoms with Gasteiger partial charge in [0.2, 0.25) is 0 Å². The summed E-state index contributed by atoms with van der Waals surface area (Å²) in [5.41, 5.74) is 7.52. The molecule has 0 bridgehead atoms. The van der Waals surface area contributed by atoms with Crippen molar-refractivity contribution in [3.63, 3.8) is 0 Å². The number of quaternary nitrogens is 1. The molecule has 0 saturated carbocycles. The first-order valence-electron chi connectivity index (χ1n) is 14.6. The predicted octanol–water partition coefficient (Wildman–Crippen LogP) is 6.30. The van der Waals surface area contributed by atoms with Crippen LogP contribution in [0.2, 0.25) is 0 Å². The minimum Gasteiger partial charge on any atom is -0.361 e. The molecule has 0 radical (unpaired) electrons. The fourth-order valence-corrected chi connectivity index (χ4v) is 6.70. The van der Waals surface area contributed by atoms with Gasteiger partial charge in [-0.15, -0.1) is 0 Å². The lowest BCUT2D eigenvalue weighted by Gasteiger charge is -2.49. The summed E-state index contributed by atoms with van der Waals surface area (Å²) in [5, 5.41) is 18.0. The van der Waals surface area contributed by atoms with Crippen molar-refractivity contribution in [2.24, 2.45) is 0 Å². The molecule has 2 aliphatic rings. The number of piperidine rings is 2. The summed E-state index contributed by atoms with van der Waals surface area (Å²) in [6, 6.07) is 13.6. The highest BCUT2D eigenvalue weighted by atomic mass is 15.4. The van der Waals surface area contributed by atoms with E-state index in [1.54, 1.807) is 12.4 Å². The minimum atomic E-state index is 0.507. The van der Waals surface area contributed by atoms with Crippen molar-refractivity contribution in [3.8, 4) is 6.07 Å². The first-order valence-corrected chi connectivity index (χ1v) is 14.6. The van der Waals surface area contributed by atoms with Gasteiger partial charge in [0.15, 0.2) is 0 Å². The predicted molar refractivity (Wildman–Crippen MR) is 162 cm³/mol. The van der Waals surface area contributed by atoms with Crippen LogP contribution in [0.4, 0.5) is 11.4 Å². The Hall–Kier alpha value is -3.99. The molecule has 204 valence electrons. The zero-order valence-corrected chi connectivity index (χ0v) is 23.3. The fourth-order valence-electron chi connectivity index (χ4n) is 6.70. The van der Waals surface area contributed by atoms with Crippen LogP contribution < -0.4 is 10.6 Å². The number of anilines is 2. The number of likely N-dealkylation sites (tertiary alicyclic amines) is 1. The number of hydrogen-bond acceptors (Lipinski definition) is 5. The van der Waals surface area contributed by atoms with Gasteiger partial charge in [-0.1, -0.05) is 0 Å². The molecule has 7 heteroatoms. The molecular weight excluding hydrogens is 494 g/mol. The molecule has 5 heterocycles. The maximum atomic E-state index is 9.82. The Labute approximate surface area is 236 Å². The number of pyridine rings is 2. The molecule has 0 aliphatic carbocycles. The summed E-state index contributed by atoms with van der Waals surface area (Å²) < 4.78 is 1.23. The third-order valence-corrected chi connectivity index (χ3v) is 8.93. The average Bonchev–Trinajstić information content (AvgIpc) is 3.49. The number of nitrogens with one attached hydrogen (secondary N) is 3. The second-order valence-electron chi connectivity index (χ2n) is 11.4. The van der Waals surface area contributed by atoms with Crippen LogP contribution in [-0.2, 0) is 6.54 Å². The Morgan fingerprint density at radius 3 is 2.65 bits per heavy atom. The third kappa shape index (κ3) is 5.38. The van der Waals surface area contributed by atoms with Crippen LogP contribution in [0.3, 0.4) is 0 Å². The molecule has 4 aromatic rings. The zero-order valence-electron chi connectivity index (χ0n) is 23.3. The molecular formula is C33H38N7+. The fraction of sp³-hybridized carbons (Fsp3) is 0.364. The number of fused-ring (bicyclic) bond motifs is 1. The maximum Gasteiger partial charge on any atom is 0.106 e. The molecule has 0 amide bonds. The lowest BCUT2D eigenvalue weighted by Crippen LogP contribution is -2.59. The highest BCUT2D eigenvalue weighted by Crippen LogP contribution is 2.32. The largest absolute Gasteiger partial charge is 0.361 e. The number of nitrogens with zero attached hydrogens (tertiary/aromatic N) is 4. The molecule has 0 atom stereocenters. The van der Waals surface area contributed by atoms with Gasteiger partial charge in [-0.25, -0.2) is 0 Å². The molecule has 3 aromatic heterocycles. The van der Waals surface area contributed by atoms with Gasteiger partial charge in [0.1, 0.15) is 12.6 Å². The van der Waals surface area contributed by atoms with Crippen LogP contribution in [0.5, 0.6) is 0 Å². The second-order valence-corrected chi connectivity index (χ2v) is 11.4. The number of aryl methyl sites for hydroxylation is 1. The normalized spacial score (nSPS) is 17.7. The van der Waals surface area contributed by atoms with Crippen LogP contribution in [0.25, 0.3) is 23.1 Å². The highest BCUT2D eigenvalue weighted by Gasteiger charge is 2.38. The van der Waals surface area contributed by atoms with Gasteiger partial charge < -0.3 is 20.1 Å². The maximum absolute atomic E-state index is 9.82. The van der Waals surface area contributed by atoms with Gasteiger partial charge in [-0.3, -0.25) is 9.97 Å². The van der Waals surface area contributed by atoms with Crippen molar-refractivity contribution < 1.29 is 4.48 Å².